The lowest BCUT2D eigenvalue weighted by atomic mass is 9.95. The molecule has 4 nitrogen and oxygen atoms in total. The summed E-state index contributed by atoms with van der Waals surface area (Å²) in [4.78, 5) is 23.3. The third-order valence-electron chi connectivity index (χ3n) is 3.39. The lowest BCUT2D eigenvalue weighted by Gasteiger charge is -2.26. The number of aliphatic carboxylic acids is 1. The summed E-state index contributed by atoms with van der Waals surface area (Å²) in [7, 11) is 0. The Balaban J connectivity index is 2.20. The largest absolute Gasteiger partial charge is 0.480 e. The summed E-state index contributed by atoms with van der Waals surface area (Å²) in [6, 6.07) is 3.94. The third kappa shape index (κ3) is 2.78. The summed E-state index contributed by atoms with van der Waals surface area (Å²) >= 11 is 3.00. The zero-order valence-corrected chi connectivity index (χ0v) is 11.8. The van der Waals surface area contributed by atoms with Crippen LogP contribution in [0.25, 0.3) is 0 Å². The van der Waals surface area contributed by atoms with E-state index in [4.69, 9.17) is 0 Å². The van der Waals surface area contributed by atoms with E-state index < -0.39 is 23.2 Å². The van der Waals surface area contributed by atoms with Crippen molar-refractivity contribution in [1.29, 1.82) is 0 Å². The number of benzene rings is 1. The van der Waals surface area contributed by atoms with Crippen molar-refractivity contribution < 1.29 is 19.1 Å². The van der Waals surface area contributed by atoms with Crippen LogP contribution in [0.2, 0.25) is 0 Å². The molecule has 1 aliphatic rings. The number of nitrogens with one attached hydrogen (secondary N) is 1. The van der Waals surface area contributed by atoms with Crippen molar-refractivity contribution in [2.24, 2.45) is 5.92 Å². The van der Waals surface area contributed by atoms with Crippen molar-refractivity contribution in [2.45, 2.75) is 25.3 Å². The Morgan fingerprint density at radius 1 is 1.47 bits per heavy atom. The van der Waals surface area contributed by atoms with Crippen molar-refractivity contribution in [1.82, 2.24) is 5.32 Å². The molecule has 0 radical (unpaired) electrons. The maximum Gasteiger partial charge on any atom is 0.329 e. The number of carbonyl (C=O) groups is 2. The van der Waals surface area contributed by atoms with Gasteiger partial charge < -0.3 is 10.4 Å². The molecule has 102 valence electrons. The first-order chi connectivity index (χ1) is 8.84. The summed E-state index contributed by atoms with van der Waals surface area (Å²) in [5, 5.41) is 11.7. The van der Waals surface area contributed by atoms with Crippen LogP contribution in [-0.2, 0) is 4.79 Å². The van der Waals surface area contributed by atoms with Gasteiger partial charge in [0, 0.05) is 5.56 Å². The standard InChI is InChI=1S/C13H13BrFNO3/c1-13(12(18)19,8-3-4-8)16-11(17)7-2-5-9(14)10(15)6-7/h2,5-6,8H,3-4H2,1H3,(H,16,17)(H,18,19). The Bertz CT molecular complexity index is 545. The number of carboxylic acid groups (broad SMARTS) is 1. The zero-order chi connectivity index (χ0) is 14.2. The van der Waals surface area contributed by atoms with Crippen LogP contribution >= 0.6 is 15.9 Å². The van der Waals surface area contributed by atoms with Gasteiger partial charge in [-0.15, -0.1) is 0 Å². The van der Waals surface area contributed by atoms with Crippen LogP contribution in [0, 0.1) is 11.7 Å². The summed E-state index contributed by atoms with van der Waals surface area (Å²) < 4.78 is 13.6. The molecule has 0 heterocycles. The number of hydrogen-bond donors (Lipinski definition) is 2. The molecular formula is C13H13BrFNO3. The maximum atomic E-state index is 13.4. The average Bonchev–Trinajstić information content (AvgIpc) is 3.16. The van der Waals surface area contributed by atoms with E-state index in [0.717, 1.165) is 18.9 Å². The fraction of sp³-hybridized carbons (Fsp3) is 0.385. The lowest BCUT2D eigenvalue weighted by molar-refractivity contribution is -0.144. The molecule has 1 fully saturated rings. The van der Waals surface area contributed by atoms with Crippen molar-refractivity contribution >= 4 is 27.8 Å². The summed E-state index contributed by atoms with van der Waals surface area (Å²) in [5.74, 6) is -2.27. The molecule has 2 N–H and O–H groups in total. The van der Waals surface area contributed by atoms with Crippen molar-refractivity contribution in [3.8, 4) is 0 Å². The summed E-state index contributed by atoms with van der Waals surface area (Å²) in [6.45, 7) is 1.49. The predicted molar refractivity (Wildman–Crippen MR) is 70.3 cm³/mol. The highest BCUT2D eigenvalue weighted by atomic mass is 79.9. The molecule has 19 heavy (non-hydrogen) atoms. The molecule has 1 aromatic rings. The topological polar surface area (TPSA) is 66.4 Å². The molecule has 1 aliphatic carbocycles. The van der Waals surface area contributed by atoms with Gasteiger partial charge in [0.2, 0.25) is 0 Å². The second-order valence-electron chi connectivity index (χ2n) is 4.86. The van der Waals surface area contributed by atoms with Crippen LogP contribution in [0.1, 0.15) is 30.1 Å². The molecule has 6 heteroatoms. The minimum atomic E-state index is -1.29. The molecule has 1 aromatic carbocycles. The molecule has 1 unspecified atom stereocenters. The average molecular weight is 330 g/mol. The van der Waals surface area contributed by atoms with E-state index >= 15 is 0 Å². The van der Waals surface area contributed by atoms with E-state index in [9.17, 15) is 19.1 Å². The molecule has 0 aliphatic heterocycles. The first-order valence-electron chi connectivity index (χ1n) is 5.85. The molecule has 1 atom stereocenters. The molecule has 1 saturated carbocycles. The second kappa shape index (κ2) is 4.92. The maximum absolute atomic E-state index is 13.4. The number of halogens is 2. The highest BCUT2D eigenvalue weighted by molar-refractivity contribution is 9.10. The van der Waals surface area contributed by atoms with Gasteiger partial charge in [0.1, 0.15) is 11.4 Å². The first-order valence-corrected chi connectivity index (χ1v) is 6.65. The van der Waals surface area contributed by atoms with Gasteiger partial charge in [-0.05, 0) is 59.8 Å². The molecule has 1 amide bonds. The quantitative estimate of drug-likeness (QED) is 0.892. The minimum Gasteiger partial charge on any atom is -0.480 e. The van der Waals surface area contributed by atoms with Crippen LogP contribution in [-0.4, -0.2) is 22.5 Å². The van der Waals surface area contributed by atoms with Gasteiger partial charge in [0.05, 0.1) is 4.47 Å². The minimum absolute atomic E-state index is 0.0609. The van der Waals surface area contributed by atoms with Crippen LogP contribution in [0.5, 0.6) is 0 Å². The van der Waals surface area contributed by atoms with Gasteiger partial charge in [-0.3, -0.25) is 4.79 Å². The highest BCUT2D eigenvalue weighted by Gasteiger charge is 2.48. The van der Waals surface area contributed by atoms with Crippen molar-refractivity contribution in [2.75, 3.05) is 0 Å². The Morgan fingerprint density at radius 2 is 2.11 bits per heavy atom. The summed E-state index contributed by atoms with van der Waals surface area (Å²) in [6.07, 6.45) is 1.55. The SMILES string of the molecule is CC(NC(=O)c1ccc(Br)c(F)c1)(C(=O)O)C1CC1. The van der Waals surface area contributed by atoms with Gasteiger partial charge in [-0.2, -0.15) is 0 Å². The van der Waals surface area contributed by atoms with Gasteiger partial charge in [-0.25, -0.2) is 9.18 Å². The third-order valence-corrected chi connectivity index (χ3v) is 4.04. The number of carbonyl (C=O) groups excluding carboxylic acids is 1. The highest BCUT2D eigenvalue weighted by Crippen LogP contribution is 2.39. The van der Waals surface area contributed by atoms with E-state index in [1.54, 1.807) is 0 Å². The Labute approximate surface area is 118 Å². The Kier molecular flexibility index (Phi) is 3.62. The number of amides is 1. The van der Waals surface area contributed by atoms with Crippen molar-refractivity contribution in [3.05, 3.63) is 34.1 Å². The Morgan fingerprint density at radius 3 is 2.58 bits per heavy atom. The zero-order valence-electron chi connectivity index (χ0n) is 10.2. The van der Waals surface area contributed by atoms with E-state index in [0.29, 0.717) is 0 Å². The molecule has 0 bridgehead atoms. The molecule has 0 saturated heterocycles. The second-order valence-corrected chi connectivity index (χ2v) is 5.72. The molecule has 2 rings (SSSR count). The van der Waals surface area contributed by atoms with Crippen LogP contribution in [0.15, 0.2) is 22.7 Å². The monoisotopic (exact) mass is 329 g/mol. The summed E-state index contributed by atoms with van der Waals surface area (Å²) in [5.41, 5.74) is -1.19. The van der Waals surface area contributed by atoms with Crippen LogP contribution < -0.4 is 5.32 Å². The number of hydrogen-bond acceptors (Lipinski definition) is 2. The number of rotatable bonds is 4. The fourth-order valence-corrected chi connectivity index (χ4v) is 2.18. The molecule has 0 spiro atoms. The van der Waals surface area contributed by atoms with E-state index in [1.807, 2.05) is 0 Å². The molecular weight excluding hydrogens is 317 g/mol. The van der Waals surface area contributed by atoms with Crippen molar-refractivity contribution in [3.63, 3.8) is 0 Å². The van der Waals surface area contributed by atoms with E-state index in [-0.39, 0.29) is 16.0 Å². The molecule has 0 aromatic heterocycles. The van der Waals surface area contributed by atoms with Crippen LogP contribution in [0.3, 0.4) is 0 Å². The normalized spacial score (nSPS) is 17.6. The predicted octanol–water partition coefficient (Wildman–Crippen LogP) is 2.57. The Hall–Kier alpha value is -1.43. The van der Waals surface area contributed by atoms with Gasteiger partial charge in [0.25, 0.3) is 5.91 Å². The van der Waals surface area contributed by atoms with Gasteiger partial charge >= 0.3 is 5.97 Å². The van der Waals surface area contributed by atoms with Gasteiger partial charge in [0.15, 0.2) is 0 Å². The van der Waals surface area contributed by atoms with E-state index in [1.165, 1.54) is 19.1 Å². The van der Waals surface area contributed by atoms with E-state index in [2.05, 4.69) is 21.2 Å². The van der Waals surface area contributed by atoms with Gasteiger partial charge in [-0.1, -0.05) is 0 Å². The fourth-order valence-electron chi connectivity index (χ4n) is 1.94. The number of carboxylic acids is 1. The smallest absolute Gasteiger partial charge is 0.329 e. The van der Waals surface area contributed by atoms with Crippen LogP contribution in [0.4, 0.5) is 4.39 Å². The first kappa shape index (κ1) is 14.0. The lowest BCUT2D eigenvalue weighted by Crippen LogP contribution is -2.54.